The molecule has 0 bridgehead atoms. The van der Waals surface area contributed by atoms with Gasteiger partial charge in [0.25, 0.3) is 5.78 Å². The van der Waals surface area contributed by atoms with Crippen molar-refractivity contribution in [2.75, 3.05) is 13.7 Å². The summed E-state index contributed by atoms with van der Waals surface area (Å²) in [5.74, 6) is 0.918. The van der Waals surface area contributed by atoms with Crippen LogP contribution in [0, 0.1) is 17.8 Å². The van der Waals surface area contributed by atoms with Crippen molar-refractivity contribution in [1.82, 2.24) is 0 Å². The number of hydrogen-bond acceptors (Lipinski definition) is 2. The number of carbonyl (C=O) groups excluding carboxylic acids is 1. The van der Waals surface area contributed by atoms with Crippen molar-refractivity contribution in [3.63, 3.8) is 0 Å². The van der Waals surface area contributed by atoms with Gasteiger partial charge in [-0.05, 0) is 80.6 Å². The molecular formula is C24H31F3O2. The lowest BCUT2D eigenvalue weighted by Gasteiger charge is -2.37. The first kappa shape index (κ1) is 22.1. The smallest absolute Gasteiger partial charge is 0.381 e. The lowest BCUT2D eigenvalue weighted by molar-refractivity contribution is -0.0885. The molecule has 2 saturated carbocycles. The topological polar surface area (TPSA) is 26.3 Å². The van der Waals surface area contributed by atoms with E-state index in [0.717, 1.165) is 30.2 Å². The minimum atomic E-state index is -4.81. The molecule has 0 radical (unpaired) electrons. The van der Waals surface area contributed by atoms with Crippen LogP contribution in [-0.2, 0) is 4.74 Å². The van der Waals surface area contributed by atoms with Gasteiger partial charge in [-0.25, -0.2) is 0 Å². The molecule has 29 heavy (non-hydrogen) atoms. The molecular weight excluding hydrogens is 377 g/mol. The molecule has 0 N–H and O–H groups in total. The lowest BCUT2D eigenvalue weighted by Crippen LogP contribution is -2.25. The van der Waals surface area contributed by atoms with Gasteiger partial charge in [0.15, 0.2) is 0 Å². The molecule has 0 atom stereocenters. The SMILES string of the molecule is COC/C=C/C1CCC(C2CCC(c3ccc(C(=O)C(F)(F)F)cc3)CC2)CC1. The van der Waals surface area contributed by atoms with Crippen LogP contribution in [0.2, 0.25) is 0 Å². The number of allylic oxidation sites excluding steroid dienone is 1. The van der Waals surface area contributed by atoms with Gasteiger partial charge in [0, 0.05) is 12.7 Å². The standard InChI is InChI=1S/C24H31F3O2/c1-29-16-2-3-17-4-6-18(7-5-17)19-8-10-20(11-9-19)21-12-14-22(15-13-21)23(28)24(25,26)27/h2-3,12-15,17-20H,4-11,16H2,1H3/b3-2+. The molecule has 160 valence electrons. The minimum absolute atomic E-state index is 0.272. The van der Waals surface area contributed by atoms with E-state index in [1.807, 2.05) is 0 Å². The maximum absolute atomic E-state index is 12.6. The summed E-state index contributed by atoms with van der Waals surface area (Å²) >= 11 is 0. The highest BCUT2D eigenvalue weighted by Crippen LogP contribution is 2.44. The van der Waals surface area contributed by atoms with E-state index in [2.05, 4.69) is 12.2 Å². The quantitative estimate of drug-likeness (QED) is 0.386. The van der Waals surface area contributed by atoms with Gasteiger partial charge >= 0.3 is 6.18 Å². The van der Waals surface area contributed by atoms with Gasteiger partial charge < -0.3 is 4.74 Å². The van der Waals surface area contributed by atoms with E-state index < -0.39 is 12.0 Å². The number of halogens is 3. The molecule has 0 unspecified atom stereocenters. The second-order valence-electron chi connectivity index (χ2n) is 8.62. The summed E-state index contributed by atoms with van der Waals surface area (Å²) in [7, 11) is 1.72. The Morgan fingerprint density at radius 2 is 1.52 bits per heavy atom. The number of hydrogen-bond donors (Lipinski definition) is 0. The van der Waals surface area contributed by atoms with Crippen molar-refractivity contribution in [1.29, 1.82) is 0 Å². The number of ether oxygens (including phenoxy) is 1. The van der Waals surface area contributed by atoms with Gasteiger partial charge in [0.05, 0.1) is 6.61 Å². The van der Waals surface area contributed by atoms with E-state index >= 15 is 0 Å². The minimum Gasteiger partial charge on any atom is -0.381 e. The molecule has 0 heterocycles. The van der Waals surface area contributed by atoms with E-state index in [4.69, 9.17) is 4.74 Å². The number of carbonyl (C=O) groups is 1. The Morgan fingerprint density at radius 3 is 2.03 bits per heavy atom. The number of benzene rings is 1. The summed E-state index contributed by atoms with van der Waals surface area (Å²) in [4.78, 5) is 11.3. The maximum atomic E-state index is 12.6. The first-order chi connectivity index (χ1) is 13.9. The predicted molar refractivity (Wildman–Crippen MR) is 108 cm³/mol. The largest absolute Gasteiger partial charge is 0.454 e. The molecule has 5 heteroatoms. The number of Topliss-reactive ketones (excluding diaryl/α,β-unsaturated/α-hetero) is 1. The van der Waals surface area contributed by atoms with E-state index in [-0.39, 0.29) is 5.56 Å². The second-order valence-corrected chi connectivity index (χ2v) is 8.62. The first-order valence-corrected chi connectivity index (χ1v) is 10.8. The number of alkyl halides is 3. The van der Waals surface area contributed by atoms with Crippen LogP contribution in [0.1, 0.15) is 73.2 Å². The Balaban J connectivity index is 1.47. The molecule has 2 fully saturated rings. The van der Waals surface area contributed by atoms with Crippen molar-refractivity contribution in [2.45, 2.75) is 63.5 Å². The van der Waals surface area contributed by atoms with Crippen LogP contribution in [0.25, 0.3) is 0 Å². The molecule has 1 aromatic carbocycles. The van der Waals surface area contributed by atoms with Crippen molar-refractivity contribution in [3.05, 3.63) is 47.5 Å². The van der Waals surface area contributed by atoms with Crippen LogP contribution >= 0.6 is 0 Å². The van der Waals surface area contributed by atoms with Crippen molar-refractivity contribution < 1.29 is 22.7 Å². The third-order valence-electron chi connectivity index (χ3n) is 6.83. The number of ketones is 1. The zero-order valence-corrected chi connectivity index (χ0v) is 17.1. The molecule has 0 amide bonds. The van der Waals surface area contributed by atoms with Crippen LogP contribution in [0.15, 0.2) is 36.4 Å². The van der Waals surface area contributed by atoms with E-state index in [9.17, 15) is 18.0 Å². The van der Waals surface area contributed by atoms with Crippen molar-refractivity contribution >= 4 is 5.78 Å². The Morgan fingerprint density at radius 1 is 0.966 bits per heavy atom. The first-order valence-electron chi connectivity index (χ1n) is 10.8. The van der Waals surface area contributed by atoms with E-state index in [1.165, 1.54) is 50.7 Å². The molecule has 1 aromatic rings. The fourth-order valence-corrected chi connectivity index (χ4v) is 5.15. The van der Waals surface area contributed by atoms with Crippen LogP contribution in [-0.4, -0.2) is 25.7 Å². The van der Waals surface area contributed by atoms with Crippen LogP contribution < -0.4 is 0 Å². The summed E-state index contributed by atoms with van der Waals surface area (Å²) in [5, 5.41) is 0. The molecule has 0 spiro atoms. The maximum Gasteiger partial charge on any atom is 0.454 e. The monoisotopic (exact) mass is 408 g/mol. The molecule has 3 rings (SSSR count). The van der Waals surface area contributed by atoms with Gasteiger partial charge in [-0.15, -0.1) is 0 Å². The molecule has 2 aliphatic rings. The summed E-state index contributed by atoms with van der Waals surface area (Å²) < 4.78 is 42.7. The normalized spacial score (nSPS) is 28.6. The Bertz CT molecular complexity index is 677. The molecule has 0 aliphatic heterocycles. The van der Waals surface area contributed by atoms with Crippen LogP contribution in [0.3, 0.4) is 0 Å². The van der Waals surface area contributed by atoms with Gasteiger partial charge in [-0.1, -0.05) is 36.4 Å². The zero-order chi connectivity index (χ0) is 20.9. The summed E-state index contributed by atoms with van der Waals surface area (Å²) in [6, 6.07) is 6.08. The van der Waals surface area contributed by atoms with Gasteiger partial charge in [-0.2, -0.15) is 13.2 Å². The Kier molecular flexibility index (Phi) is 7.55. The molecule has 0 aromatic heterocycles. The summed E-state index contributed by atoms with van der Waals surface area (Å²) in [5.41, 5.74) is 0.792. The van der Waals surface area contributed by atoms with Crippen LogP contribution in [0.5, 0.6) is 0 Å². The average molecular weight is 409 g/mol. The number of methoxy groups -OCH3 is 1. The molecule has 2 aliphatic carbocycles. The van der Waals surface area contributed by atoms with Crippen LogP contribution in [0.4, 0.5) is 13.2 Å². The van der Waals surface area contributed by atoms with Crippen molar-refractivity contribution in [3.8, 4) is 0 Å². The Hall–Kier alpha value is -1.62. The highest BCUT2D eigenvalue weighted by molar-refractivity contribution is 6.00. The third-order valence-corrected chi connectivity index (χ3v) is 6.83. The summed E-state index contributed by atoms with van der Waals surface area (Å²) in [6.07, 6.45) is 9.32. The highest BCUT2D eigenvalue weighted by atomic mass is 19.4. The van der Waals surface area contributed by atoms with Gasteiger partial charge in [0.1, 0.15) is 0 Å². The predicted octanol–water partition coefficient (Wildman–Crippen LogP) is 6.71. The van der Waals surface area contributed by atoms with Gasteiger partial charge in [-0.3, -0.25) is 4.79 Å². The zero-order valence-electron chi connectivity index (χ0n) is 17.1. The fourth-order valence-electron chi connectivity index (χ4n) is 5.15. The third kappa shape index (κ3) is 5.94. The molecule has 2 nitrogen and oxygen atoms in total. The average Bonchev–Trinajstić information content (AvgIpc) is 2.73. The lowest BCUT2D eigenvalue weighted by atomic mass is 9.68. The summed E-state index contributed by atoms with van der Waals surface area (Å²) in [6.45, 7) is 0.690. The van der Waals surface area contributed by atoms with Crippen molar-refractivity contribution in [2.24, 2.45) is 17.8 Å². The van der Waals surface area contributed by atoms with E-state index in [1.54, 1.807) is 19.2 Å². The van der Waals surface area contributed by atoms with Gasteiger partial charge in [0.2, 0.25) is 0 Å². The second kappa shape index (κ2) is 9.92. The fraction of sp³-hybridized carbons (Fsp3) is 0.625. The van der Waals surface area contributed by atoms with E-state index in [0.29, 0.717) is 18.4 Å². The molecule has 0 saturated heterocycles. The highest BCUT2D eigenvalue weighted by Gasteiger charge is 2.39. The number of rotatable bonds is 6. The Labute approximate surface area is 171 Å².